The van der Waals surface area contributed by atoms with Crippen LogP contribution in [0.25, 0.3) is 11.1 Å². The van der Waals surface area contributed by atoms with Crippen molar-refractivity contribution in [2.75, 3.05) is 0 Å². The van der Waals surface area contributed by atoms with Crippen LogP contribution in [0.15, 0.2) is 42.7 Å². The molecule has 2 rings (SSSR count). The van der Waals surface area contributed by atoms with Gasteiger partial charge in [-0.15, -0.1) is 0 Å². The van der Waals surface area contributed by atoms with Crippen LogP contribution in [-0.4, -0.2) is 11.3 Å². The summed E-state index contributed by atoms with van der Waals surface area (Å²) in [6.45, 7) is 0. The Morgan fingerprint density at radius 1 is 1.07 bits per heavy atom. The van der Waals surface area contributed by atoms with Gasteiger partial charge in [0.05, 0.1) is 0 Å². The molecule has 0 aliphatic heterocycles. The summed E-state index contributed by atoms with van der Waals surface area (Å²) in [4.78, 5) is 14.6. The van der Waals surface area contributed by atoms with Gasteiger partial charge in [0.1, 0.15) is 0 Å². The Morgan fingerprint density at radius 3 is 2.47 bits per heavy atom. The first-order valence-electron chi connectivity index (χ1n) is 4.46. The van der Waals surface area contributed by atoms with E-state index in [2.05, 4.69) is 4.98 Å². The lowest BCUT2D eigenvalue weighted by molar-refractivity contribution is 0.112. The molecule has 0 aliphatic carbocycles. The maximum atomic E-state index is 10.6. The van der Waals surface area contributed by atoms with E-state index in [1.807, 2.05) is 24.3 Å². The topological polar surface area (TPSA) is 30.0 Å². The van der Waals surface area contributed by atoms with Gasteiger partial charge in [-0.3, -0.25) is 9.78 Å². The van der Waals surface area contributed by atoms with Gasteiger partial charge in [-0.1, -0.05) is 23.7 Å². The van der Waals surface area contributed by atoms with Crippen molar-refractivity contribution in [3.05, 3.63) is 53.3 Å². The number of hydrogen-bond donors (Lipinski definition) is 0. The Balaban J connectivity index is 2.44. The quantitative estimate of drug-likeness (QED) is 0.723. The van der Waals surface area contributed by atoms with Gasteiger partial charge < -0.3 is 0 Å². The van der Waals surface area contributed by atoms with Crippen LogP contribution in [0, 0.1) is 0 Å². The molecule has 0 fully saturated rings. The first-order chi connectivity index (χ1) is 7.29. The lowest BCUT2D eigenvalue weighted by Crippen LogP contribution is -1.85. The first-order valence-corrected chi connectivity index (χ1v) is 4.83. The number of nitrogens with zero attached hydrogens (tertiary/aromatic N) is 1. The summed E-state index contributed by atoms with van der Waals surface area (Å²) in [5, 5.41) is 0.693. The van der Waals surface area contributed by atoms with E-state index in [4.69, 9.17) is 11.6 Å². The molecule has 1 aromatic heterocycles. The lowest BCUT2D eigenvalue weighted by Gasteiger charge is -2.01. The van der Waals surface area contributed by atoms with Gasteiger partial charge in [0.2, 0.25) is 0 Å². The van der Waals surface area contributed by atoms with E-state index in [-0.39, 0.29) is 0 Å². The summed E-state index contributed by atoms with van der Waals surface area (Å²) >= 11 is 5.79. The van der Waals surface area contributed by atoms with Crippen molar-refractivity contribution in [2.24, 2.45) is 0 Å². The van der Waals surface area contributed by atoms with Crippen molar-refractivity contribution in [1.82, 2.24) is 4.98 Å². The highest BCUT2D eigenvalue weighted by molar-refractivity contribution is 6.30. The Morgan fingerprint density at radius 2 is 1.80 bits per heavy atom. The van der Waals surface area contributed by atoms with Crippen LogP contribution in [0.3, 0.4) is 0 Å². The Labute approximate surface area is 92.5 Å². The number of aldehydes is 1. The summed E-state index contributed by atoms with van der Waals surface area (Å²) in [5.41, 5.74) is 2.48. The van der Waals surface area contributed by atoms with Crippen LogP contribution in [0.5, 0.6) is 0 Å². The van der Waals surface area contributed by atoms with Gasteiger partial charge in [-0.25, -0.2) is 0 Å². The molecule has 0 radical (unpaired) electrons. The molecule has 0 N–H and O–H groups in total. The van der Waals surface area contributed by atoms with E-state index in [0.29, 0.717) is 10.6 Å². The molecule has 0 bridgehead atoms. The van der Waals surface area contributed by atoms with Gasteiger partial charge in [-0.2, -0.15) is 0 Å². The zero-order chi connectivity index (χ0) is 10.7. The average molecular weight is 218 g/mol. The second-order valence-electron chi connectivity index (χ2n) is 3.13. The minimum atomic E-state index is 0.572. The first kappa shape index (κ1) is 9.87. The highest BCUT2D eigenvalue weighted by Gasteiger charge is 1.99. The molecule has 0 unspecified atom stereocenters. The highest BCUT2D eigenvalue weighted by Crippen LogP contribution is 2.20. The van der Waals surface area contributed by atoms with E-state index in [0.717, 1.165) is 17.4 Å². The van der Waals surface area contributed by atoms with Crippen LogP contribution >= 0.6 is 11.6 Å². The van der Waals surface area contributed by atoms with E-state index in [1.165, 1.54) is 6.20 Å². The minimum absolute atomic E-state index is 0.572. The molecule has 1 aromatic carbocycles. The molecule has 0 saturated heterocycles. The fourth-order valence-electron chi connectivity index (χ4n) is 1.32. The van der Waals surface area contributed by atoms with Crippen LogP contribution in [0.1, 0.15) is 10.4 Å². The van der Waals surface area contributed by atoms with Crippen LogP contribution in [-0.2, 0) is 0 Å². The van der Waals surface area contributed by atoms with Gasteiger partial charge in [0.15, 0.2) is 6.29 Å². The molecule has 0 amide bonds. The smallest absolute Gasteiger partial charge is 0.151 e. The summed E-state index contributed by atoms with van der Waals surface area (Å²) in [5.74, 6) is 0. The molecule has 74 valence electrons. The molecule has 0 saturated carbocycles. The summed E-state index contributed by atoms with van der Waals surface area (Å²) in [7, 11) is 0. The van der Waals surface area contributed by atoms with E-state index in [9.17, 15) is 4.79 Å². The molecular formula is C12H8ClNO. The average Bonchev–Trinajstić information content (AvgIpc) is 2.30. The zero-order valence-corrected chi connectivity index (χ0v) is 8.61. The molecule has 1 heterocycles. The fourth-order valence-corrected chi connectivity index (χ4v) is 1.45. The van der Waals surface area contributed by atoms with Crippen molar-refractivity contribution in [3.8, 4) is 11.1 Å². The molecule has 0 aliphatic rings. The summed E-state index contributed by atoms with van der Waals surface area (Å²) in [6, 6.07) is 9.21. The lowest BCUT2D eigenvalue weighted by atomic mass is 10.1. The van der Waals surface area contributed by atoms with Crippen LogP contribution < -0.4 is 0 Å². The van der Waals surface area contributed by atoms with E-state index in [1.54, 1.807) is 12.3 Å². The third-order valence-corrected chi connectivity index (χ3v) is 2.33. The number of carbonyl (C=O) groups excluding carboxylic acids is 1. The molecular weight excluding hydrogens is 210 g/mol. The standard InChI is InChI=1S/C12H8ClNO/c13-12-3-1-10(2-4-12)11-5-9(8-15)6-14-7-11/h1-8H. The third kappa shape index (κ3) is 2.22. The maximum Gasteiger partial charge on any atom is 0.151 e. The van der Waals surface area contributed by atoms with Gasteiger partial charge in [-0.05, 0) is 23.8 Å². The third-order valence-electron chi connectivity index (χ3n) is 2.07. The Bertz CT molecular complexity index is 479. The molecule has 0 spiro atoms. The maximum absolute atomic E-state index is 10.6. The molecule has 15 heavy (non-hydrogen) atoms. The monoisotopic (exact) mass is 217 g/mol. The minimum Gasteiger partial charge on any atom is -0.298 e. The van der Waals surface area contributed by atoms with Crippen molar-refractivity contribution >= 4 is 17.9 Å². The van der Waals surface area contributed by atoms with Crippen molar-refractivity contribution in [1.29, 1.82) is 0 Å². The number of carbonyl (C=O) groups is 1. The van der Waals surface area contributed by atoms with Gasteiger partial charge in [0, 0.05) is 28.5 Å². The number of aromatic nitrogens is 1. The van der Waals surface area contributed by atoms with E-state index < -0.39 is 0 Å². The highest BCUT2D eigenvalue weighted by atomic mass is 35.5. The second-order valence-corrected chi connectivity index (χ2v) is 3.57. The summed E-state index contributed by atoms with van der Waals surface area (Å²) in [6.07, 6.45) is 4.04. The van der Waals surface area contributed by atoms with Crippen molar-refractivity contribution in [3.63, 3.8) is 0 Å². The van der Waals surface area contributed by atoms with Crippen LogP contribution in [0.2, 0.25) is 5.02 Å². The predicted molar refractivity (Wildman–Crippen MR) is 60.1 cm³/mol. The molecule has 0 atom stereocenters. The van der Waals surface area contributed by atoms with Gasteiger partial charge >= 0.3 is 0 Å². The van der Waals surface area contributed by atoms with Crippen molar-refractivity contribution in [2.45, 2.75) is 0 Å². The number of benzene rings is 1. The van der Waals surface area contributed by atoms with Crippen molar-refractivity contribution < 1.29 is 4.79 Å². The Hall–Kier alpha value is -1.67. The fraction of sp³-hybridized carbons (Fsp3) is 0. The Kier molecular flexibility index (Phi) is 2.79. The molecule has 2 aromatic rings. The SMILES string of the molecule is O=Cc1cncc(-c2ccc(Cl)cc2)c1. The summed E-state index contributed by atoms with van der Waals surface area (Å²) < 4.78 is 0. The molecule has 2 nitrogen and oxygen atoms in total. The number of rotatable bonds is 2. The van der Waals surface area contributed by atoms with E-state index >= 15 is 0 Å². The molecule has 3 heteroatoms. The zero-order valence-electron chi connectivity index (χ0n) is 7.85. The van der Waals surface area contributed by atoms with Gasteiger partial charge in [0.25, 0.3) is 0 Å². The largest absolute Gasteiger partial charge is 0.298 e. The van der Waals surface area contributed by atoms with Crippen LogP contribution in [0.4, 0.5) is 0 Å². The second kappa shape index (κ2) is 4.24. The normalized spacial score (nSPS) is 9.93. The predicted octanol–water partition coefficient (Wildman–Crippen LogP) is 3.21. The number of pyridine rings is 1. The number of hydrogen-bond acceptors (Lipinski definition) is 2. The number of halogens is 1.